The van der Waals surface area contributed by atoms with Crippen LogP contribution in [0.15, 0.2) is 18.2 Å². The minimum absolute atomic E-state index is 0.175. The molecule has 108 valence electrons. The summed E-state index contributed by atoms with van der Waals surface area (Å²) in [6, 6.07) is 3.62. The first kappa shape index (κ1) is 14.4. The van der Waals surface area contributed by atoms with Crippen LogP contribution in [0.2, 0.25) is 0 Å². The van der Waals surface area contributed by atoms with Crippen LogP contribution in [0.5, 0.6) is 0 Å². The van der Waals surface area contributed by atoms with E-state index in [9.17, 15) is 19.3 Å². The van der Waals surface area contributed by atoms with E-state index < -0.39 is 16.6 Å². The summed E-state index contributed by atoms with van der Waals surface area (Å²) in [7, 11) is 0. The second-order valence-corrected chi connectivity index (χ2v) is 4.76. The molecule has 0 aliphatic heterocycles. The first-order valence-corrected chi connectivity index (χ1v) is 6.53. The molecule has 7 heteroatoms. The maximum absolute atomic E-state index is 13.6. The number of carbonyl (C=O) groups excluding carboxylic acids is 1. The minimum Gasteiger partial charge on any atom is -0.352 e. The third-order valence-corrected chi connectivity index (χ3v) is 3.06. The molecular weight excluding hydrogens is 265 g/mol. The number of amides is 1. The fraction of sp³-hybridized carbons (Fsp3) is 0.462. The summed E-state index contributed by atoms with van der Waals surface area (Å²) in [5.41, 5.74) is -0.543. The molecule has 0 aromatic heterocycles. The molecule has 1 aromatic carbocycles. The van der Waals surface area contributed by atoms with Crippen LogP contribution < -0.4 is 10.6 Å². The number of nitrogens with one attached hydrogen (secondary N) is 2. The number of hydrogen-bond donors (Lipinski definition) is 2. The van der Waals surface area contributed by atoms with Gasteiger partial charge in [0.15, 0.2) is 0 Å². The van der Waals surface area contributed by atoms with Gasteiger partial charge in [-0.1, -0.05) is 0 Å². The number of nitro benzene ring substituents is 1. The van der Waals surface area contributed by atoms with Crippen molar-refractivity contribution in [1.29, 1.82) is 0 Å². The maximum Gasteiger partial charge on any atom is 0.272 e. The summed E-state index contributed by atoms with van der Waals surface area (Å²) in [5.74, 6) is -1.43. The number of carbonyl (C=O) groups is 1. The Kier molecular flexibility index (Phi) is 4.62. The molecule has 0 saturated heterocycles. The summed E-state index contributed by atoms with van der Waals surface area (Å²) in [6.45, 7) is 1.25. The van der Waals surface area contributed by atoms with Gasteiger partial charge in [-0.25, -0.2) is 4.39 Å². The second-order valence-electron chi connectivity index (χ2n) is 4.76. The Bertz CT molecular complexity index is 518. The van der Waals surface area contributed by atoms with Crippen LogP contribution in [0, 0.1) is 15.9 Å². The molecule has 0 spiro atoms. The lowest BCUT2D eigenvalue weighted by Gasteiger charge is -2.06. The molecule has 6 nitrogen and oxygen atoms in total. The Hall–Kier alpha value is -2.02. The molecular formula is C13H16FN3O3. The quantitative estimate of drug-likeness (QED) is 0.452. The Morgan fingerprint density at radius 1 is 1.40 bits per heavy atom. The predicted octanol–water partition coefficient (Wildman–Crippen LogP) is 1.61. The van der Waals surface area contributed by atoms with Crippen LogP contribution >= 0.6 is 0 Å². The van der Waals surface area contributed by atoms with E-state index in [1.54, 1.807) is 0 Å². The predicted molar refractivity (Wildman–Crippen MR) is 71.0 cm³/mol. The van der Waals surface area contributed by atoms with Gasteiger partial charge in [-0.05, 0) is 31.9 Å². The van der Waals surface area contributed by atoms with Gasteiger partial charge in [-0.15, -0.1) is 0 Å². The molecule has 1 aliphatic rings. The van der Waals surface area contributed by atoms with E-state index in [4.69, 9.17) is 0 Å². The monoisotopic (exact) mass is 281 g/mol. The molecule has 0 unspecified atom stereocenters. The highest BCUT2D eigenvalue weighted by Gasteiger charge is 2.19. The van der Waals surface area contributed by atoms with E-state index in [1.165, 1.54) is 12.8 Å². The van der Waals surface area contributed by atoms with Crippen LogP contribution in [-0.4, -0.2) is 30.0 Å². The van der Waals surface area contributed by atoms with Gasteiger partial charge in [0.2, 0.25) is 0 Å². The standard InChI is InChI=1S/C13H16FN3O3/c14-12-8-10(17(19)20)4-5-11(12)13(18)16-7-1-6-15-9-2-3-9/h4-5,8-9,15H,1-3,6-7H2,(H,16,18). The molecule has 20 heavy (non-hydrogen) atoms. The summed E-state index contributed by atoms with van der Waals surface area (Å²) >= 11 is 0. The average Bonchev–Trinajstić information content (AvgIpc) is 3.22. The number of nitrogens with zero attached hydrogens (tertiary/aromatic N) is 1. The molecule has 1 aromatic rings. The van der Waals surface area contributed by atoms with Crippen LogP contribution in [-0.2, 0) is 0 Å². The molecule has 0 atom stereocenters. The van der Waals surface area contributed by atoms with Gasteiger partial charge in [0.05, 0.1) is 16.6 Å². The van der Waals surface area contributed by atoms with Crippen molar-refractivity contribution < 1.29 is 14.1 Å². The third kappa shape index (κ3) is 3.99. The highest BCUT2D eigenvalue weighted by atomic mass is 19.1. The highest BCUT2D eigenvalue weighted by molar-refractivity contribution is 5.94. The lowest BCUT2D eigenvalue weighted by Crippen LogP contribution is -2.28. The van der Waals surface area contributed by atoms with Crippen molar-refractivity contribution in [3.05, 3.63) is 39.7 Å². The fourth-order valence-electron chi connectivity index (χ4n) is 1.78. The zero-order valence-electron chi connectivity index (χ0n) is 10.9. The van der Waals surface area contributed by atoms with Crippen molar-refractivity contribution in [2.75, 3.05) is 13.1 Å². The zero-order chi connectivity index (χ0) is 14.5. The second kappa shape index (κ2) is 6.42. The van der Waals surface area contributed by atoms with Crippen LogP contribution in [0.4, 0.5) is 10.1 Å². The number of nitro groups is 1. The Morgan fingerprint density at radius 2 is 2.15 bits per heavy atom. The molecule has 0 heterocycles. The molecule has 1 saturated carbocycles. The van der Waals surface area contributed by atoms with Gasteiger partial charge in [-0.3, -0.25) is 14.9 Å². The van der Waals surface area contributed by atoms with E-state index in [0.717, 1.165) is 31.2 Å². The minimum atomic E-state index is -0.882. The van der Waals surface area contributed by atoms with E-state index in [-0.39, 0.29) is 11.3 Å². The third-order valence-electron chi connectivity index (χ3n) is 3.06. The van der Waals surface area contributed by atoms with Crippen molar-refractivity contribution in [1.82, 2.24) is 10.6 Å². The maximum atomic E-state index is 13.6. The zero-order valence-corrected chi connectivity index (χ0v) is 10.9. The van der Waals surface area contributed by atoms with E-state index >= 15 is 0 Å². The topological polar surface area (TPSA) is 84.3 Å². The van der Waals surface area contributed by atoms with Crippen molar-refractivity contribution >= 4 is 11.6 Å². The molecule has 0 bridgehead atoms. The smallest absolute Gasteiger partial charge is 0.272 e. The van der Waals surface area contributed by atoms with Gasteiger partial charge in [0.1, 0.15) is 5.82 Å². The number of halogens is 1. The highest BCUT2D eigenvalue weighted by Crippen LogP contribution is 2.18. The molecule has 2 rings (SSSR count). The van der Waals surface area contributed by atoms with Crippen molar-refractivity contribution in [3.8, 4) is 0 Å². The molecule has 0 radical (unpaired) electrons. The van der Waals surface area contributed by atoms with Gasteiger partial charge in [-0.2, -0.15) is 0 Å². The summed E-state index contributed by atoms with van der Waals surface area (Å²) < 4.78 is 13.6. The summed E-state index contributed by atoms with van der Waals surface area (Å²) in [6.07, 6.45) is 3.18. The van der Waals surface area contributed by atoms with Gasteiger partial charge in [0.25, 0.3) is 11.6 Å². The number of benzene rings is 1. The molecule has 1 aliphatic carbocycles. The lowest BCUT2D eigenvalue weighted by molar-refractivity contribution is -0.385. The van der Waals surface area contributed by atoms with E-state index in [0.29, 0.717) is 12.6 Å². The van der Waals surface area contributed by atoms with Crippen LogP contribution in [0.3, 0.4) is 0 Å². The fourth-order valence-corrected chi connectivity index (χ4v) is 1.78. The van der Waals surface area contributed by atoms with Crippen LogP contribution in [0.1, 0.15) is 29.6 Å². The average molecular weight is 281 g/mol. The van der Waals surface area contributed by atoms with E-state index in [1.807, 2.05) is 0 Å². The number of rotatable bonds is 7. The van der Waals surface area contributed by atoms with Gasteiger partial charge in [0, 0.05) is 18.7 Å². The number of non-ortho nitro benzene ring substituents is 1. The summed E-state index contributed by atoms with van der Waals surface area (Å²) in [4.78, 5) is 21.5. The lowest BCUT2D eigenvalue weighted by atomic mass is 10.2. The van der Waals surface area contributed by atoms with E-state index in [2.05, 4.69) is 10.6 Å². The van der Waals surface area contributed by atoms with Crippen LogP contribution in [0.25, 0.3) is 0 Å². The Morgan fingerprint density at radius 3 is 2.75 bits per heavy atom. The normalized spacial score (nSPS) is 14.1. The molecule has 1 fully saturated rings. The van der Waals surface area contributed by atoms with Crippen molar-refractivity contribution in [3.63, 3.8) is 0 Å². The first-order valence-electron chi connectivity index (χ1n) is 6.53. The van der Waals surface area contributed by atoms with Gasteiger partial charge < -0.3 is 10.6 Å². The molecule has 2 N–H and O–H groups in total. The summed E-state index contributed by atoms with van der Waals surface area (Å²) in [5, 5.41) is 16.4. The Balaban J connectivity index is 1.80. The SMILES string of the molecule is O=C(NCCCNC1CC1)c1ccc([N+](=O)[O-])cc1F. The Labute approximate surface area is 115 Å². The largest absolute Gasteiger partial charge is 0.352 e. The van der Waals surface area contributed by atoms with Crippen molar-refractivity contribution in [2.24, 2.45) is 0 Å². The molecule has 1 amide bonds. The first-order chi connectivity index (χ1) is 9.58. The van der Waals surface area contributed by atoms with Gasteiger partial charge >= 0.3 is 0 Å². The van der Waals surface area contributed by atoms with Crippen molar-refractivity contribution in [2.45, 2.75) is 25.3 Å². The number of hydrogen-bond acceptors (Lipinski definition) is 4.